The fourth-order valence-corrected chi connectivity index (χ4v) is 7.72. The second kappa shape index (κ2) is 16.5. The molecule has 0 aliphatic carbocycles. The summed E-state index contributed by atoms with van der Waals surface area (Å²) in [4.78, 5) is 56.0. The number of nitrogens with zero attached hydrogens (tertiary/aromatic N) is 3. The van der Waals surface area contributed by atoms with Crippen molar-refractivity contribution in [1.82, 2.24) is 15.1 Å². The lowest BCUT2D eigenvalue weighted by atomic mass is 9.88. The van der Waals surface area contributed by atoms with Gasteiger partial charge < -0.3 is 14.7 Å². The molecular formula is C44H46N4O6. The summed E-state index contributed by atoms with van der Waals surface area (Å²) >= 11 is 0. The molecule has 0 spiro atoms. The molecule has 278 valence electrons. The van der Waals surface area contributed by atoms with E-state index in [9.17, 15) is 24.3 Å². The predicted octanol–water partition coefficient (Wildman–Crippen LogP) is 6.53. The number of hydrogen-bond donors (Lipinski definition) is 2. The normalized spacial score (nSPS) is 18.1. The van der Waals surface area contributed by atoms with Crippen LogP contribution in [0, 0.1) is 0 Å². The van der Waals surface area contributed by atoms with Crippen molar-refractivity contribution >= 4 is 40.5 Å². The second-order valence-electron chi connectivity index (χ2n) is 14.1. The summed E-state index contributed by atoms with van der Waals surface area (Å²) in [5, 5.41) is 12.2. The number of imide groups is 2. The predicted molar refractivity (Wildman–Crippen MR) is 208 cm³/mol. The van der Waals surface area contributed by atoms with Crippen LogP contribution in [0.3, 0.4) is 0 Å². The quantitative estimate of drug-likeness (QED) is 0.0907. The number of benzene rings is 4. The number of rotatable bonds is 13. The third-order valence-electron chi connectivity index (χ3n) is 10.6. The number of carbonyl (C=O) groups excluding carboxylic acids is 4. The molecule has 3 aliphatic heterocycles. The maximum Gasteiger partial charge on any atom is 0.262 e. The highest BCUT2D eigenvalue weighted by Crippen LogP contribution is 2.36. The number of fused-ring (bicyclic) bond motifs is 1. The van der Waals surface area contributed by atoms with E-state index in [0.717, 1.165) is 91.4 Å². The minimum atomic E-state index is -0.964. The molecule has 4 aromatic carbocycles. The van der Waals surface area contributed by atoms with Crippen LogP contribution in [0.2, 0.25) is 0 Å². The topological polar surface area (TPSA) is 119 Å². The number of ether oxygens (including phenoxy) is 1. The number of phenols is 1. The van der Waals surface area contributed by atoms with Crippen molar-refractivity contribution in [1.29, 1.82) is 0 Å². The van der Waals surface area contributed by atoms with Gasteiger partial charge in [0, 0.05) is 38.3 Å². The highest BCUT2D eigenvalue weighted by atomic mass is 16.5. The van der Waals surface area contributed by atoms with Crippen molar-refractivity contribution in [2.45, 2.75) is 51.5 Å². The molecule has 4 aromatic rings. The van der Waals surface area contributed by atoms with Crippen molar-refractivity contribution in [3.05, 3.63) is 125 Å². The number of amides is 4. The Kier molecular flexibility index (Phi) is 11.2. The number of aromatic hydroxyl groups is 1. The number of allylic oxidation sites excluding steroid dienone is 1. The van der Waals surface area contributed by atoms with Crippen molar-refractivity contribution in [2.24, 2.45) is 0 Å². The summed E-state index contributed by atoms with van der Waals surface area (Å²) in [6.07, 6.45) is 4.21. The summed E-state index contributed by atoms with van der Waals surface area (Å²) in [5.41, 5.74) is 7.23. The van der Waals surface area contributed by atoms with Gasteiger partial charge in [-0.25, -0.2) is 0 Å². The van der Waals surface area contributed by atoms with Gasteiger partial charge in [-0.2, -0.15) is 0 Å². The van der Waals surface area contributed by atoms with E-state index in [-0.39, 0.29) is 24.5 Å². The van der Waals surface area contributed by atoms with Crippen LogP contribution in [0.4, 0.5) is 5.69 Å². The molecule has 1 unspecified atom stereocenters. The first-order valence-electron chi connectivity index (χ1n) is 18.9. The van der Waals surface area contributed by atoms with Crippen LogP contribution < -0.4 is 15.0 Å². The SMILES string of the molecule is CC/C(=C(\c1ccc(O)cc1)c1ccc(OCCCCCN2CCN(c3ccc4c(c3)C(=O)N(C3CCC(=O)NC3=O)C4=O)CC2)cc1)c1ccccc1. The Morgan fingerprint density at radius 1 is 0.759 bits per heavy atom. The third-order valence-corrected chi connectivity index (χ3v) is 10.6. The van der Waals surface area contributed by atoms with Crippen LogP contribution in [-0.2, 0) is 9.59 Å². The van der Waals surface area contributed by atoms with Crippen LogP contribution >= 0.6 is 0 Å². The molecule has 0 radical (unpaired) electrons. The van der Waals surface area contributed by atoms with E-state index >= 15 is 0 Å². The standard InChI is InChI=1S/C44H46N4O6/c1-2-36(30-9-5-3-6-10-30)41(31-11-16-34(49)17-12-31)32-13-18-35(19-14-32)54-28-8-4-7-23-46-24-26-47(27-25-46)33-15-20-37-38(29-33)44(53)48(43(37)52)39-21-22-40(50)45-42(39)51/h3,5-6,9-20,29,39,49H,2,4,7-8,21-28H2,1H3,(H,45,50,51)/b41-36-. The molecule has 4 amide bonds. The summed E-state index contributed by atoms with van der Waals surface area (Å²) < 4.78 is 6.13. The van der Waals surface area contributed by atoms with Gasteiger partial charge in [-0.05, 0) is 109 Å². The van der Waals surface area contributed by atoms with Crippen LogP contribution in [0.5, 0.6) is 11.5 Å². The zero-order valence-corrected chi connectivity index (χ0v) is 30.6. The first kappa shape index (κ1) is 36.6. The average molecular weight is 727 g/mol. The van der Waals surface area contributed by atoms with Gasteiger partial charge in [0.25, 0.3) is 11.8 Å². The smallest absolute Gasteiger partial charge is 0.262 e. The van der Waals surface area contributed by atoms with Gasteiger partial charge in [0.1, 0.15) is 17.5 Å². The second-order valence-corrected chi connectivity index (χ2v) is 14.1. The van der Waals surface area contributed by atoms with E-state index in [1.807, 2.05) is 36.4 Å². The number of anilines is 1. The summed E-state index contributed by atoms with van der Waals surface area (Å²) in [5.74, 6) is -0.859. The number of piperidine rings is 1. The van der Waals surface area contributed by atoms with Crippen LogP contribution in [0.15, 0.2) is 97.1 Å². The third kappa shape index (κ3) is 7.94. The van der Waals surface area contributed by atoms with Crippen LogP contribution in [-0.4, -0.2) is 83.9 Å². The molecule has 3 aliphatic rings. The lowest BCUT2D eigenvalue weighted by molar-refractivity contribution is -0.136. The van der Waals surface area contributed by atoms with E-state index in [4.69, 9.17) is 4.74 Å². The summed E-state index contributed by atoms with van der Waals surface area (Å²) in [6, 6.07) is 30.5. The molecule has 0 aromatic heterocycles. The Morgan fingerprint density at radius 2 is 1.44 bits per heavy atom. The Bertz CT molecular complexity index is 2040. The van der Waals surface area contributed by atoms with Gasteiger partial charge in [0.2, 0.25) is 11.8 Å². The van der Waals surface area contributed by atoms with E-state index in [2.05, 4.69) is 58.4 Å². The largest absolute Gasteiger partial charge is 0.508 e. The minimum absolute atomic E-state index is 0.0982. The summed E-state index contributed by atoms with van der Waals surface area (Å²) in [7, 11) is 0. The number of nitrogens with one attached hydrogen (secondary N) is 1. The molecule has 7 rings (SSSR count). The molecule has 10 heteroatoms. The number of hydrogen-bond acceptors (Lipinski definition) is 8. The van der Waals surface area contributed by atoms with Gasteiger partial charge in [0.05, 0.1) is 17.7 Å². The van der Waals surface area contributed by atoms with Crippen LogP contribution in [0.25, 0.3) is 11.1 Å². The van der Waals surface area contributed by atoms with E-state index in [0.29, 0.717) is 17.7 Å². The Balaban J connectivity index is 0.863. The minimum Gasteiger partial charge on any atom is -0.508 e. The van der Waals surface area contributed by atoms with E-state index in [1.165, 1.54) is 11.1 Å². The maximum absolute atomic E-state index is 13.3. The molecule has 2 fully saturated rings. The fraction of sp³-hybridized carbons (Fsp3) is 0.318. The van der Waals surface area contributed by atoms with Gasteiger partial charge >= 0.3 is 0 Å². The van der Waals surface area contributed by atoms with E-state index < -0.39 is 23.8 Å². The first-order chi connectivity index (χ1) is 26.3. The number of piperazine rings is 1. The van der Waals surface area contributed by atoms with Crippen LogP contribution in [0.1, 0.15) is 82.9 Å². The number of unbranched alkanes of at least 4 members (excludes halogenated alkanes) is 2. The molecule has 54 heavy (non-hydrogen) atoms. The summed E-state index contributed by atoms with van der Waals surface area (Å²) in [6.45, 7) is 7.26. The Labute approximate surface area is 316 Å². The van der Waals surface area contributed by atoms with Gasteiger partial charge in [-0.1, -0.05) is 61.5 Å². The van der Waals surface area contributed by atoms with Gasteiger partial charge in [-0.15, -0.1) is 0 Å². The van der Waals surface area contributed by atoms with Crippen molar-refractivity contribution in [3.8, 4) is 11.5 Å². The molecule has 3 heterocycles. The zero-order valence-electron chi connectivity index (χ0n) is 30.6. The van der Waals surface area contributed by atoms with Crippen molar-refractivity contribution in [3.63, 3.8) is 0 Å². The monoisotopic (exact) mass is 726 g/mol. The average Bonchev–Trinajstić information content (AvgIpc) is 3.44. The maximum atomic E-state index is 13.3. The molecule has 0 saturated carbocycles. The molecule has 0 bridgehead atoms. The first-order valence-corrected chi connectivity index (χ1v) is 18.9. The van der Waals surface area contributed by atoms with E-state index in [1.54, 1.807) is 24.3 Å². The number of phenolic OH excluding ortho intramolecular Hbond substituents is 1. The Morgan fingerprint density at radius 3 is 2.13 bits per heavy atom. The van der Waals surface area contributed by atoms with Crippen molar-refractivity contribution in [2.75, 3.05) is 44.2 Å². The number of carbonyl (C=O) groups is 4. The lowest BCUT2D eigenvalue weighted by Gasteiger charge is -2.36. The van der Waals surface area contributed by atoms with Crippen molar-refractivity contribution < 1.29 is 29.0 Å². The highest BCUT2D eigenvalue weighted by Gasteiger charge is 2.44. The molecule has 2 N–H and O–H groups in total. The molecule has 10 nitrogen and oxygen atoms in total. The van der Waals surface area contributed by atoms with Gasteiger partial charge in [0.15, 0.2) is 0 Å². The Hall–Kier alpha value is -5.74. The van der Waals surface area contributed by atoms with Gasteiger partial charge in [-0.3, -0.25) is 34.3 Å². The zero-order chi connectivity index (χ0) is 37.6. The lowest BCUT2D eigenvalue weighted by Crippen LogP contribution is -2.54. The fourth-order valence-electron chi connectivity index (χ4n) is 7.72. The molecule has 2 saturated heterocycles. The highest BCUT2D eigenvalue weighted by molar-refractivity contribution is 6.23. The molecule has 1 atom stereocenters. The molecular weight excluding hydrogens is 681 g/mol.